The van der Waals surface area contributed by atoms with Gasteiger partial charge in [-0.05, 0) is 93.0 Å². The van der Waals surface area contributed by atoms with Crippen molar-refractivity contribution >= 4 is 38.9 Å². The Hall–Kier alpha value is -8.20. The van der Waals surface area contributed by atoms with Gasteiger partial charge in [0.05, 0.1) is 22.4 Å². The minimum absolute atomic E-state index is 1.07. The number of hydrogen-bond donors (Lipinski definition) is 0. The molecule has 0 radical (unpaired) electrons. The van der Waals surface area contributed by atoms with E-state index >= 15 is 0 Å². The third-order valence-electron chi connectivity index (χ3n) is 12.0. The fourth-order valence-electron chi connectivity index (χ4n) is 9.02. The van der Waals surface area contributed by atoms with Crippen LogP contribution >= 0.6 is 0 Å². The van der Waals surface area contributed by atoms with Crippen LogP contribution < -0.4 is 4.90 Å². The first-order valence-corrected chi connectivity index (χ1v) is 21.3. The summed E-state index contributed by atoms with van der Waals surface area (Å²) < 4.78 is 2.48. The molecular weight excluding hydrogens is 749 g/mol. The van der Waals surface area contributed by atoms with Crippen LogP contribution in [0, 0.1) is 0 Å². The van der Waals surface area contributed by atoms with Crippen molar-refractivity contribution in [2.45, 2.75) is 0 Å². The number of anilines is 3. The Morgan fingerprint density at radius 2 is 0.742 bits per heavy atom. The molecule has 0 amide bonds. The standard InChI is InChI=1S/C60H42N2/c1-5-18-43(19-6-1)46-32-35-51(36-33-46)61(57-30-15-13-28-53(57)50-27-17-26-48(40-50)44-20-7-2-8-21-44)52-37-39-56-55-29-14-16-31-58(55)62(60(56)42-52)59-41-49(45-22-9-3-10-23-45)34-38-54(59)47-24-11-4-12-25-47/h1-42H. The first-order chi connectivity index (χ1) is 30.8. The Bertz CT molecular complexity index is 3310. The van der Waals surface area contributed by atoms with Gasteiger partial charge in [-0.3, -0.25) is 0 Å². The van der Waals surface area contributed by atoms with E-state index in [0.29, 0.717) is 0 Å². The summed E-state index contributed by atoms with van der Waals surface area (Å²) in [5, 5.41) is 2.42. The molecule has 0 bridgehead atoms. The smallest absolute Gasteiger partial charge is 0.0562 e. The first kappa shape index (κ1) is 36.8. The molecule has 10 aromatic carbocycles. The van der Waals surface area contributed by atoms with Crippen LogP contribution in [0.25, 0.3) is 83.1 Å². The van der Waals surface area contributed by atoms with Crippen molar-refractivity contribution in [3.05, 3.63) is 255 Å². The monoisotopic (exact) mass is 790 g/mol. The van der Waals surface area contributed by atoms with Crippen molar-refractivity contribution in [1.82, 2.24) is 4.57 Å². The molecular formula is C60H42N2. The second-order valence-electron chi connectivity index (χ2n) is 15.7. The molecule has 0 saturated heterocycles. The summed E-state index contributed by atoms with van der Waals surface area (Å²) in [5.74, 6) is 0. The second-order valence-corrected chi connectivity index (χ2v) is 15.7. The zero-order valence-electron chi connectivity index (χ0n) is 34.1. The van der Waals surface area contributed by atoms with Gasteiger partial charge in [0.15, 0.2) is 0 Å². The van der Waals surface area contributed by atoms with Crippen molar-refractivity contribution < 1.29 is 0 Å². The van der Waals surface area contributed by atoms with E-state index in [1.807, 2.05) is 0 Å². The summed E-state index contributed by atoms with van der Waals surface area (Å²) in [6.07, 6.45) is 0. The Morgan fingerprint density at radius 1 is 0.258 bits per heavy atom. The van der Waals surface area contributed by atoms with Gasteiger partial charge in [-0.2, -0.15) is 0 Å². The first-order valence-electron chi connectivity index (χ1n) is 21.3. The van der Waals surface area contributed by atoms with Crippen LogP contribution in [0.1, 0.15) is 0 Å². The van der Waals surface area contributed by atoms with Crippen LogP contribution in [-0.4, -0.2) is 4.57 Å². The van der Waals surface area contributed by atoms with Gasteiger partial charge in [0.2, 0.25) is 0 Å². The van der Waals surface area contributed by atoms with Crippen LogP contribution in [0.15, 0.2) is 255 Å². The number of rotatable bonds is 9. The highest BCUT2D eigenvalue weighted by Gasteiger charge is 2.22. The molecule has 0 aliphatic carbocycles. The quantitative estimate of drug-likeness (QED) is 0.141. The lowest BCUT2D eigenvalue weighted by Crippen LogP contribution is -2.11. The van der Waals surface area contributed by atoms with E-state index in [4.69, 9.17) is 0 Å². The van der Waals surface area contributed by atoms with Crippen LogP contribution in [0.5, 0.6) is 0 Å². The molecule has 0 unspecified atom stereocenters. The highest BCUT2D eigenvalue weighted by Crippen LogP contribution is 2.45. The SMILES string of the molecule is c1ccc(-c2ccc(N(c3ccc4c5ccccc5n(-c5cc(-c6ccccc6)ccc5-c5ccccc5)c4c3)c3ccccc3-c3cccc(-c4ccccc4)c3)cc2)cc1. The number of para-hydroxylation sites is 2. The van der Waals surface area contributed by atoms with Gasteiger partial charge < -0.3 is 9.47 Å². The maximum Gasteiger partial charge on any atom is 0.0562 e. The van der Waals surface area contributed by atoms with Gasteiger partial charge in [-0.1, -0.05) is 206 Å². The number of aromatic nitrogens is 1. The summed E-state index contributed by atoms with van der Waals surface area (Å²) >= 11 is 0. The molecule has 1 aromatic heterocycles. The van der Waals surface area contributed by atoms with Gasteiger partial charge in [-0.25, -0.2) is 0 Å². The molecule has 0 atom stereocenters. The molecule has 11 rings (SSSR count). The number of benzene rings is 10. The van der Waals surface area contributed by atoms with Crippen LogP contribution in [0.3, 0.4) is 0 Å². The Morgan fingerprint density at radius 3 is 1.44 bits per heavy atom. The van der Waals surface area contributed by atoms with Crippen molar-refractivity contribution in [2.24, 2.45) is 0 Å². The predicted molar refractivity (Wildman–Crippen MR) is 263 cm³/mol. The van der Waals surface area contributed by atoms with E-state index in [2.05, 4.69) is 264 Å². The summed E-state index contributed by atoms with van der Waals surface area (Å²) in [7, 11) is 0. The minimum Gasteiger partial charge on any atom is -0.310 e. The van der Waals surface area contributed by atoms with Gasteiger partial charge in [0, 0.05) is 33.3 Å². The lowest BCUT2D eigenvalue weighted by molar-refractivity contribution is 1.18. The molecule has 0 aliphatic rings. The topological polar surface area (TPSA) is 8.17 Å². The summed E-state index contributed by atoms with van der Waals surface area (Å²) in [5.41, 5.74) is 18.5. The van der Waals surface area contributed by atoms with E-state index < -0.39 is 0 Å². The van der Waals surface area contributed by atoms with Gasteiger partial charge in [-0.15, -0.1) is 0 Å². The maximum atomic E-state index is 2.48. The molecule has 62 heavy (non-hydrogen) atoms. The van der Waals surface area contributed by atoms with E-state index in [9.17, 15) is 0 Å². The van der Waals surface area contributed by atoms with Crippen molar-refractivity contribution in [3.63, 3.8) is 0 Å². The van der Waals surface area contributed by atoms with E-state index in [0.717, 1.165) is 39.4 Å². The molecule has 1 heterocycles. The Labute approximate surface area is 362 Å². The van der Waals surface area contributed by atoms with Gasteiger partial charge in [0.1, 0.15) is 0 Å². The fourth-order valence-corrected chi connectivity index (χ4v) is 9.02. The molecule has 292 valence electrons. The van der Waals surface area contributed by atoms with Crippen molar-refractivity contribution in [3.8, 4) is 61.3 Å². The number of hydrogen-bond acceptors (Lipinski definition) is 1. The molecule has 2 heteroatoms. The summed E-state index contributed by atoms with van der Waals surface area (Å²) in [6.45, 7) is 0. The highest BCUT2D eigenvalue weighted by atomic mass is 15.1. The summed E-state index contributed by atoms with van der Waals surface area (Å²) in [4.78, 5) is 2.43. The second kappa shape index (κ2) is 16.1. The maximum absolute atomic E-state index is 2.48. The largest absolute Gasteiger partial charge is 0.310 e. The average molecular weight is 791 g/mol. The number of nitrogens with zero attached hydrogens (tertiary/aromatic N) is 2. The minimum atomic E-state index is 1.07. The molecule has 0 saturated carbocycles. The lowest BCUT2D eigenvalue weighted by atomic mass is 9.97. The molecule has 0 aliphatic heterocycles. The lowest BCUT2D eigenvalue weighted by Gasteiger charge is -2.28. The molecule has 0 N–H and O–H groups in total. The van der Waals surface area contributed by atoms with Crippen LogP contribution in [-0.2, 0) is 0 Å². The fraction of sp³-hybridized carbons (Fsp3) is 0. The molecule has 0 fully saturated rings. The summed E-state index contributed by atoms with van der Waals surface area (Å²) in [6, 6.07) is 92.2. The zero-order valence-corrected chi connectivity index (χ0v) is 34.1. The predicted octanol–water partition coefficient (Wildman–Crippen LogP) is 16.6. The molecule has 11 aromatic rings. The normalized spacial score (nSPS) is 11.2. The van der Waals surface area contributed by atoms with Crippen LogP contribution in [0.2, 0.25) is 0 Å². The van der Waals surface area contributed by atoms with Crippen molar-refractivity contribution in [2.75, 3.05) is 4.90 Å². The Kier molecular flexibility index (Phi) is 9.57. The third kappa shape index (κ3) is 6.84. The van der Waals surface area contributed by atoms with E-state index in [1.54, 1.807) is 0 Å². The average Bonchev–Trinajstić information content (AvgIpc) is 3.69. The van der Waals surface area contributed by atoms with E-state index in [-0.39, 0.29) is 0 Å². The zero-order chi connectivity index (χ0) is 41.2. The van der Waals surface area contributed by atoms with E-state index in [1.165, 1.54) is 60.8 Å². The molecule has 0 spiro atoms. The Balaban J connectivity index is 1.15. The van der Waals surface area contributed by atoms with Gasteiger partial charge >= 0.3 is 0 Å². The van der Waals surface area contributed by atoms with Gasteiger partial charge in [0.25, 0.3) is 0 Å². The van der Waals surface area contributed by atoms with Crippen molar-refractivity contribution in [1.29, 1.82) is 0 Å². The highest BCUT2D eigenvalue weighted by molar-refractivity contribution is 6.11. The number of fused-ring (bicyclic) bond motifs is 3. The molecule has 2 nitrogen and oxygen atoms in total. The van der Waals surface area contributed by atoms with Crippen LogP contribution in [0.4, 0.5) is 17.1 Å². The third-order valence-corrected chi connectivity index (χ3v) is 12.0.